The molecule has 1 aliphatic heterocycles. The molecule has 0 atom stereocenters. The molecule has 7 heteroatoms. The van der Waals surface area contributed by atoms with E-state index in [9.17, 15) is 5.26 Å². The minimum atomic E-state index is 0.556. The summed E-state index contributed by atoms with van der Waals surface area (Å²) in [5, 5.41) is 20.8. The number of nitrogens with one attached hydrogen (secondary N) is 1. The first kappa shape index (κ1) is 21.9. The van der Waals surface area contributed by atoms with Crippen LogP contribution in [0.5, 0.6) is 0 Å². The highest BCUT2D eigenvalue weighted by atomic mass is 32.2. The van der Waals surface area contributed by atoms with Crippen molar-refractivity contribution in [2.45, 2.75) is 6.92 Å². The van der Waals surface area contributed by atoms with Gasteiger partial charge in [-0.25, -0.2) is 0 Å². The van der Waals surface area contributed by atoms with Crippen molar-refractivity contribution in [3.05, 3.63) is 58.3 Å². The van der Waals surface area contributed by atoms with E-state index in [-0.39, 0.29) is 0 Å². The SMILES string of the molecule is C/C(=C(/C#N)SN)c1ccc(-c2ccc3cc(NCCN4CCOCC4)ccc3c2)s1. The van der Waals surface area contributed by atoms with E-state index >= 15 is 0 Å². The fourth-order valence-electron chi connectivity index (χ4n) is 3.70. The lowest BCUT2D eigenvalue weighted by molar-refractivity contribution is 0.0398. The molecule has 0 radical (unpaired) electrons. The Morgan fingerprint density at radius 2 is 1.94 bits per heavy atom. The molecule has 2 aromatic carbocycles. The van der Waals surface area contributed by atoms with Crippen LogP contribution in [-0.2, 0) is 4.74 Å². The molecule has 1 saturated heterocycles. The topological polar surface area (TPSA) is 74.3 Å². The molecule has 160 valence electrons. The smallest absolute Gasteiger partial charge is 0.108 e. The van der Waals surface area contributed by atoms with E-state index < -0.39 is 0 Å². The highest BCUT2D eigenvalue weighted by molar-refractivity contribution is 8.01. The van der Waals surface area contributed by atoms with E-state index in [1.54, 1.807) is 11.3 Å². The van der Waals surface area contributed by atoms with Crippen molar-refractivity contribution in [3.63, 3.8) is 0 Å². The summed E-state index contributed by atoms with van der Waals surface area (Å²) in [5.41, 5.74) is 3.26. The Morgan fingerprint density at radius 1 is 1.16 bits per heavy atom. The van der Waals surface area contributed by atoms with E-state index in [1.807, 2.05) is 6.92 Å². The lowest BCUT2D eigenvalue weighted by Gasteiger charge is -2.26. The first-order chi connectivity index (χ1) is 15.2. The molecule has 1 aliphatic rings. The summed E-state index contributed by atoms with van der Waals surface area (Å²) in [4.78, 5) is 5.25. The van der Waals surface area contributed by atoms with Crippen LogP contribution < -0.4 is 10.5 Å². The number of nitriles is 1. The van der Waals surface area contributed by atoms with Crippen molar-refractivity contribution < 1.29 is 4.74 Å². The number of nitrogens with two attached hydrogens (primary N) is 1. The number of allylic oxidation sites excluding steroid dienone is 2. The number of hydrogen-bond donors (Lipinski definition) is 2. The van der Waals surface area contributed by atoms with Crippen molar-refractivity contribution in [3.8, 4) is 16.5 Å². The van der Waals surface area contributed by atoms with Crippen LogP contribution in [0.25, 0.3) is 26.8 Å². The van der Waals surface area contributed by atoms with Gasteiger partial charge in [0.25, 0.3) is 0 Å². The molecule has 5 nitrogen and oxygen atoms in total. The Hall–Kier alpha value is -2.34. The minimum Gasteiger partial charge on any atom is -0.384 e. The molecule has 3 aromatic rings. The van der Waals surface area contributed by atoms with Crippen LogP contribution in [0.4, 0.5) is 5.69 Å². The zero-order valence-corrected chi connectivity index (χ0v) is 19.2. The van der Waals surface area contributed by atoms with Crippen molar-refractivity contribution >= 4 is 45.3 Å². The van der Waals surface area contributed by atoms with E-state index in [2.05, 4.69) is 64.8 Å². The number of nitrogens with zero attached hydrogens (tertiary/aromatic N) is 2. The van der Waals surface area contributed by atoms with Gasteiger partial charge in [-0.3, -0.25) is 10.0 Å². The van der Waals surface area contributed by atoms with Crippen LogP contribution in [-0.4, -0.2) is 44.3 Å². The monoisotopic (exact) mass is 450 g/mol. The predicted octanol–water partition coefficient (Wildman–Crippen LogP) is 5.17. The van der Waals surface area contributed by atoms with Crippen molar-refractivity contribution in [2.24, 2.45) is 5.14 Å². The van der Waals surface area contributed by atoms with Gasteiger partial charge in [-0.05, 0) is 71.1 Å². The van der Waals surface area contributed by atoms with Crippen LogP contribution in [0.2, 0.25) is 0 Å². The summed E-state index contributed by atoms with van der Waals surface area (Å²) in [5.74, 6) is 0. The number of anilines is 1. The van der Waals surface area contributed by atoms with Crippen molar-refractivity contribution in [1.82, 2.24) is 4.90 Å². The third-order valence-corrected chi connectivity index (χ3v) is 7.41. The molecular formula is C24H26N4OS2. The van der Waals surface area contributed by atoms with E-state index in [4.69, 9.17) is 9.88 Å². The lowest BCUT2D eigenvalue weighted by Crippen LogP contribution is -2.38. The second kappa shape index (κ2) is 10.3. The molecule has 31 heavy (non-hydrogen) atoms. The summed E-state index contributed by atoms with van der Waals surface area (Å²) >= 11 is 2.69. The van der Waals surface area contributed by atoms with Gasteiger partial charge in [0, 0.05) is 41.6 Å². The first-order valence-electron chi connectivity index (χ1n) is 10.3. The Labute approximate surface area is 191 Å². The van der Waals surface area contributed by atoms with Gasteiger partial charge in [0.05, 0.1) is 13.2 Å². The van der Waals surface area contributed by atoms with Gasteiger partial charge in [-0.15, -0.1) is 11.3 Å². The Balaban J connectivity index is 1.46. The molecule has 0 bridgehead atoms. The number of thiophene rings is 1. The van der Waals surface area contributed by atoms with Gasteiger partial charge in [0.2, 0.25) is 0 Å². The average molecular weight is 451 g/mol. The number of benzene rings is 2. The van der Waals surface area contributed by atoms with Gasteiger partial charge < -0.3 is 10.1 Å². The molecular weight excluding hydrogens is 424 g/mol. The van der Waals surface area contributed by atoms with Gasteiger partial charge >= 0.3 is 0 Å². The lowest BCUT2D eigenvalue weighted by atomic mass is 10.1. The molecule has 0 aliphatic carbocycles. The second-order valence-corrected chi connectivity index (χ2v) is 9.23. The van der Waals surface area contributed by atoms with Gasteiger partial charge in [0.1, 0.15) is 11.0 Å². The molecule has 4 rings (SSSR count). The van der Waals surface area contributed by atoms with Crippen molar-refractivity contribution in [2.75, 3.05) is 44.7 Å². The molecule has 0 amide bonds. The minimum absolute atomic E-state index is 0.556. The standard InChI is InChI=1S/C24H26N4OS2/c1-17(24(16-25)31-26)22-6-7-23(30-22)20-3-2-19-15-21(5-4-18(19)14-20)27-8-9-28-10-12-29-13-11-28/h2-7,14-15,27H,8-13,26H2,1H3/b24-17+. The van der Waals surface area contributed by atoms with E-state index in [1.165, 1.54) is 21.2 Å². The number of fused-ring (bicyclic) bond motifs is 1. The molecule has 2 heterocycles. The zero-order valence-electron chi connectivity index (χ0n) is 17.6. The fraction of sp³-hybridized carbons (Fsp3) is 0.292. The van der Waals surface area contributed by atoms with Crippen molar-refractivity contribution in [1.29, 1.82) is 5.26 Å². The Morgan fingerprint density at radius 3 is 2.71 bits per heavy atom. The molecule has 0 spiro atoms. The quantitative estimate of drug-likeness (QED) is 0.382. The van der Waals surface area contributed by atoms with Crippen LogP contribution in [0.1, 0.15) is 11.8 Å². The van der Waals surface area contributed by atoms with E-state index in [0.717, 1.165) is 67.5 Å². The van der Waals surface area contributed by atoms with Gasteiger partial charge in [0.15, 0.2) is 0 Å². The third kappa shape index (κ3) is 5.29. The summed E-state index contributed by atoms with van der Waals surface area (Å²) in [7, 11) is 0. The first-order valence-corrected chi connectivity index (χ1v) is 12.0. The maximum atomic E-state index is 9.23. The maximum absolute atomic E-state index is 9.23. The van der Waals surface area contributed by atoms with Gasteiger partial charge in [-0.2, -0.15) is 5.26 Å². The predicted molar refractivity (Wildman–Crippen MR) is 133 cm³/mol. The number of ether oxygens (including phenoxy) is 1. The highest BCUT2D eigenvalue weighted by Gasteiger charge is 2.11. The molecule has 0 saturated carbocycles. The van der Waals surface area contributed by atoms with E-state index in [0.29, 0.717) is 4.91 Å². The summed E-state index contributed by atoms with van der Waals surface area (Å²) in [6, 6.07) is 19.5. The molecule has 1 fully saturated rings. The number of rotatable bonds is 7. The second-order valence-electron chi connectivity index (χ2n) is 7.51. The highest BCUT2D eigenvalue weighted by Crippen LogP contribution is 2.35. The Kier molecular flexibility index (Phi) is 7.28. The zero-order chi connectivity index (χ0) is 21.6. The van der Waals surface area contributed by atoms with Crippen LogP contribution in [0, 0.1) is 11.3 Å². The summed E-state index contributed by atoms with van der Waals surface area (Å²) in [6.45, 7) is 7.62. The number of hydrogen-bond acceptors (Lipinski definition) is 7. The molecule has 3 N–H and O–H groups in total. The summed E-state index contributed by atoms with van der Waals surface area (Å²) < 4.78 is 5.41. The van der Waals surface area contributed by atoms with Crippen LogP contribution >= 0.6 is 23.3 Å². The average Bonchev–Trinajstić information content (AvgIpc) is 3.30. The maximum Gasteiger partial charge on any atom is 0.108 e. The summed E-state index contributed by atoms with van der Waals surface area (Å²) in [6.07, 6.45) is 0. The fourth-order valence-corrected chi connectivity index (χ4v) is 5.11. The normalized spacial score (nSPS) is 15.5. The Bertz CT molecular complexity index is 1130. The molecule has 0 unspecified atom stereocenters. The van der Waals surface area contributed by atoms with Crippen LogP contribution in [0.3, 0.4) is 0 Å². The number of morpholine rings is 1. The largest absolute Gasteiger partial charge is 0.384 e. The third-order valence-electron chi connectivity index (χ3n) is 5.52. The van der Waals surface area contributed by atoms with Crippen LogP contribution in [0.15, 0.2) is 53.4 Å². The molecule has 1 aromatic heterocycles. The van der Waals surface area contributed by atoms with Gasteiger partial charge in [-0.1, -0.05) is 18.2 Å².